The summed E-state index contributed by atoms with van der Waals surface area (Å²) in [5.74, 6) is -1.32. The first-order valence-corrected chi connectivity index (χ1v) is 6.75. The van der Waals surface area contributed by atoms with Gasteiger partial charge in [-0.1, -0.05) is 11.2 Å². The van der Waals surface area contributed by atoms with Crippen LogP contribution in [0.25, 0.3) is 0 Å². The van der Waals surface area contributed by atoms with Crippen LogP contribution in [0.1, 0.15) is 27.4 Å². The number of carbonyl (C=O) groups excluding carboxylic acids is 2. The van der Waals surface area contributed by atoms with Crippen LogP contribution in [-0.2, 0) is 15.7 Å². The first-order chi connectivity index (χ1) is 11.2. The minimum Gasteiger partial charge on any atom is -0.452 e. The Bertz CT molecular complexity index is 749. The first-order valence-electron chi connectivity index (χ1n) is 6.75. The molecule has 0 spiro atoms. The van der Waals surface area contributed by atoms with Crippen LogP contribution in [0.4, 0.5) is 18.9 Å². The van der Waals surface area contributed by atoms with Crippen molar-refractivity contribution in [2.24, 2.45) is 0 Å². The molecule has 2 aromatic rings. The van der Waals surface area contributed by atoms with Crippen LogP contribution in [0.5, 0.6) is 0 Å². The van der Waals surface area contributed by atoms with Gasteiger partial charge in [-0.25, -0.2) is 4.79 Å². The predicted octanol–water partition coefficient (Wildman–Crippen LogP) is 3.11. The quantitative estimate of drug-likeness (QED) is 0.864. The number of amides is 1. The zero-order valence-electron chi connectivity index (χ0n) is 12.7. The number of carbonyl (C=O) groups is 2. The fraction of sp³-hybridized carbons (Fsp3) is 0.267. The van der Waals surface area contributed by atoms with Gasteiger partial charge in [0.1, 0.15) is 11.3 Å². The second-order valence-electron chi connectivity index (χ2n) is 4.90. The van der Waals surface area contributed by atoms with Gasteiger partial charge < -0.3 is 14.6 Å². The number of nitrogens with zero attached hydrogens (tertiary/aromatic N) is 1. The fourth-order valence-electron chi connectivity index (χ4n) is 1.95. The highest BCUT2D eigenvalue weighted by Crippen LogP contribution is 2.30. The molecule has 0 bridgehead atoms. The monoisotopic (exact) mass is 342 g/mol. The average Bonchev–Trinajstić information content (AvgIpc) is 2.83. The number of halogens is 3. The smallest absolute Gasteiger partial charge is 0.416 e. The summed E-state index contributed by atoms with van der Waals surface area (Å²) >= 11 is 0. The molecule has 128 valence electrons. The van der Waals surface area contributed by atoms with Gasteiger partial charge in [-0.15, -0.1) is 0 Å². The molecule has 1 amide bonds. The van der Waals surface area contributed by atoms with Crippen molar-refractivity contribution < 1.29 is 32.0 Å². The number of hydrogen-bond donors (Lipinski definition) is 1. The van der Waals surface area contributed by atoms with E-state index in [0.29, 0.717) is 5.69 Å². The number of alkyl halides is 3. The third-order valence-corrected chi connectivity index (χ3v) is 3.05. The largest absolute Gasteiger partial charge is 0.452 e. The molecule has 0 unspecified atom stereocenters. The maximum Gasteiger partial charge on any atom is 0.416 e. The molecule has 1 aromatic heterocycles. The number of benzene rings is 1. The van der Waals surface area contributed by atoms with Gasteiger partial charge in [0, 0.05) is 5.69 Å². The second-order valence-corrected chi connectivity index (χ2v) is 4.90. The highest BCUT2D eigenvalue weighted by Gasteiger charge is 2.30. The first kappa shape index (κ1) is 17.5. The minimum absolute atomic E-state index is 0.0526. The third kappa shape index (κ3) is 4.12. The third-order valence-electron chi connectivity index (χ3n) is 3.05. The number of ether oxygens (including phenoxy) is 1. The maximum atomic E-state index is 12.6. The van der Waals surface area contributed by atoms with Crippen molar-refractivity contribution in [3.8, 4) is 0 Å². The average molecular weight is 342 g/mol. The topological polar surface area (TPSA) is 81.4 Å². The fourth-order valence-corrected chi connectivity index (χ4v) is 1.95. The Morgan fingerprint density at radius 2 is 2.00 bits per heavy atom. The molecule has 6 nitrogen and oxygen atoms in total. The van der Waals surface area contributed by atoms with E-state index in [1.54, 1.807) is 0 Å². The van der Waals surface area contributed by atoms with E-state index in [4.69, 9.17) is 9.26 Å². The molecule has 0 atom stereocenters. The number of rotatable bonds is 4. The lowest BCUT2D eigenvalue weighted by molar-refractivity contribution is -0.137. The molecule has 9 heteroatoms. The van der Waals surface area contributed by atoms with E-state index in [9.17, 15) is 22.8 Å². The number of aryl methyl sites for hydroxylation is 2. The lowest BCUT2D eigenvalue weighted by Gasteiger charge is -2.10. The maximum absolute atomic E-state index is 12.6. The van der Waals surface area contributed by atoms with E-state index < -0.39 is 30.2 Å². The summed E-state index contributed by atoms with van der Waals surface area (Å²) in [6.07, 6.45) is -4.52. The number of nitrogens with one attached hydrogen (secondary N) is 1. The summed E-state index contributed by atoms with van der Waals surface area (Å²) in [6, 6.07) is 4.12. The zero-order valence-corrected chi connectivity index (χ0v) is 12.7. The van der Waals surface area contributed by atoms with E-state index >= 15 is 0 Å². The Balaban J connectivity index is 1.96. The molecular weight excluding hydrogens is 329 g/mol. The molecule has 1 heterocycles. The lowest BCUT2D eigenvalue weighted by atomic mass is 10.2. The van der Waals surface area contributed by atoms with Crippen LogP contribution in [-0.4, -0.2) is 23.6 Å². The van der Waals surface area contributed by atoms with Crippen LogP contribution in [0.3, 0.4) is 0 Å². The van der Waals surface area contributed by atoms with Gasteiger partial charge in [-0.3, -0.25) is 4.79 Å². The van der Waals surface area contributed by atoms with Crippen molar-refractivity contribution in [2.75, 3.05) is 11.9 Å². The number of esters is 1. The molecule has 1 aromatic carbocycles. The van der Waals surface area contributed by atoms with Crippen LogP contribution in [0.15, 0.2) is 28.8 Å². The Hall–Kier alpha value is -2.84. The standard InChI is InChI=1S/C15H13F3N2O4/c1-8-13(9(2)24-20-8)14(22)23-7-12(21)19-11-5-3-4-10(6-11)15(16,17)18/h3-6H,7H2,1-2H3,(H,19,21). The van der Waals surface area contributed by atoms with Crippen molar-refractivity contribution in [1.29, 1.82) is 0 Å². The van der Waals surface area contributed by atoms with Gasteiger partial charge >= 0.3 is 12.1 Å². The summed E-state index contributed by atoms with van der Waals surface area (Å²) in [7, 11) is 0. The number of hydrogen-bond acceptors (Lipinski definition) is 5. The molecule has 0 aliphatic carbocycles. The summed E-state index contributed by atoms with van der Waals surface area (Å²) in [6.45, 7) is 2.40. The molecular formula is C15H13F3N2O4. The molecule has 0 radical (unpaired) electrons. The Morgan fingerprint density at radius 3 is 2.58 bits per heavy atom. The minimum atomic E-state index is -4.52. The van der Waals surface area contributed by atoms with Gasteiger partial charge in [-0.05, 0) is 32.0 Å². The van der Waals surface area contributed by atoms with Crippen LogP contribution < -0.4 is 5.32 Å². The Labute approximate surface area is 134 Å². The predicted molar refractivity (Wildman–Crippen MR) is 76.3 cm³/mol. The van der Waals surface area contributed by atoms with E-state index in [1.807, 2.05) is 0 Å². The second kappa shape index (κ2) is 6.73. The van der Waals surface area contributed by atoms with Crippen molar-refractivity contribution in [1.82, 2.24) is 5.16 Å². The van der Waals surface area contributed by atoms with Crippen LogP contribution in [0.2, 0.25) is 0 Å². The summed E-state index contributed by atoms with van der Waals surface area (Å²) < 4.78 is 47.4. The molecule has 0 saturated carbocycles. The molecule has 0 aliphatic heterocycles. The summed E-state index contributed by atoms with van der Waals surface area (Å²) in [4.78, 5) is 23.5. The zero-order chi connectivity index (χ0) is 17.9. The van der Waals surface area contributed by atoms with Crippen molar-refractivity contribution in [2.45, 2.75) is 20.0 Å². The number of aromatic nitrogens is 1. The summed E-state index contributed by atoms with van der Waals surface area (Å²) in [5.41, 5.74) is -0.520. The molecule has 1 N–H and O–H groups in total. The molecule has 0 aliphatic rings. The van der Waals surface area contributed by atoms with E-state index in [2.05, 4.69) is 10.5 Å². The highest BCUT2D eigenvalue weighted by atomic mass is 19.4. The van der Waals surface area contributed by atoms with Gasteiger partial charge in [0.2, 0.25) is 0 Å². The SMILES string of the molecule is Cc1noc(C)c1C(=O)OCC(=O)Nc1cccc(C(F)(F)F)c1. The normalized spacial score (nSPS) is 11.2. The van der Waals surface area contributed by atoms with Crippen molar-refractivity contribution in [3.63, 3.8) is 0 Å². The van der Waals surface area contributed by atoms with E-state index in [0.717, 1.165) is 18.2 Å². The van der Waals surface area contributed by atoms with Crippen LogP contribution in [0, 0.1) is 13.8 Å². The van der Waals surface area contributed by atoms with Crippen LogP contribution >= 0.6 is 0 Å². The lowest BCUT2D eigenvalue weighted by Crippen LogP contribution is -2.21. The molecule has 24 heavy (non-hydrogen) atoms. The van der Waals surface area contributed by atoms with Gasteiger partial charge in [-0.2, -0.15) is 13.2 Å². The molecule has 0 saturated heterocycles. The summed E-state index contributed by atoms with van der Waals surface area (Å²) in [5, 5.41) is 5.81. The van der Waals surface area contributed by atoms with E-state index in [-0.39, 0.29) is 17.0 Å². The van der Waals surface area contributed by atoms with Gasteiger partial charge in [0.15, 0.2) is 6.61 Å². The Morgan fingerprint density at radius 1 is 1.29 bits per heavy atom. The molecule has 2 rings (SSSR count). The van der Waals surface area contributed by atoms with E-state index in [1.165, 1.54) is 19.9 Å². The molecule has 0 fully saturated rings. The highest BCUT2D eigenvalue weighted by molar-refractivity contribution is 5.96. The number of anilines is 1. The van der Waals surface area contributed by atoms with Gasteiger partial charge in [0.05, 0.1) is 11.3 Å². The Kier molecular flexibility index (Phi) is 4.91. The van der Waals surface area contributed by atoms with Crippen molar-refractivity contribution >= 4 is 17.6 Å². The van der Waals surface area contributed by atoms with Crippen molar-refractivity contribution in [3.05, 3.63) is 46.8 Å². The van der Waals surface area contributed by atoms with Gasteiger partial charge in [0.25, 0.3) is 5.91 Å².